The highest BCUT2D eigenvalue weighted by atomic mass is 32.1. The second kappa shape index (κ2) is 7.31. The predicted molar refractivity (Wildman–Crippen MR) is 109 cm³/mol. The molecule has 0 unspecified atom stereocenters. The summed E-state index contributed by atoms with van der Waals surface area (Å²) in [7, 11) is 0. The number of aromatic nitrogens is 5. The number of pyridine rings is 1. The first-order valence-electron chi connectivity index (χ1n) is 9.63. The minimum Gasteiger partial charge on any atom is -0.303 e. The number of para-hydroxylation sites is 2. The summed E-state index contributed by atoms with van der Waals surface area (Å²) in [6.07, 6.45) is 3.88. The number of nitrogens with zero attached hydrogens (tertiary/aromatic N) is 6. The predicted octanol–water partition coefficient (Wildman–Crippen LogP) is 4.45. The Morgan fingerprint density at radius 2 is 1.72 bits per heavy atom. The van der Waals surface area contributed by atoms with Crippen LogP contribution >= 0.6 is 12.2 Å². The van der Waals surface area contributed by atoms with Crippen molar-refractivity contribution in [2.24, 2.45) is 0 Å². The summed E-state index contributed by atoms with van der Waals surface area (Å²) >= 11 is 5.38. The van der Waals surface area contributed by atoms with Crippen molar-refractivity contribution in [3.05, 3.63) is 59.3 Å². The Morgan fingerprint density at radius 3 is 2.48 bits per heavy atom. The molecule has 0 saturated carbocycles. The highest BCUT2D eigenvalue weighted by Gasteiger charge is 2.25. The quantitative estimate of drug-likeness (QED) is 0.463. The van der Waals surface area contributed by atoms with Gasteiger partial charge in [0.15, 0.2) is 10.4 Å². The van der Waals surface area contributed by atoms with Gasteiger partial charge in [-0.25, -0.2) is 0 Å². The van der Waals surface area contributed by atoms with Gasteiger partial charge in [0.25, 0.3) is 0 Å². The summed E-state index contributed by atoms with van der Waals surface area (Å²) in [6, 6.07) is 13.0. The van der Waals surface area contributed by atoms with Gasteiger partial charge in [0.05, 0.1) is 17.7 Å². The standard InChI is InChI=1S/C20H20F2N6S/c21-19(22)28-16-6-2-1-5-15(16)27(20(28)29)13-25-11-8-14(9-12-25)18-24-23-17-7-3-4-10-26(17)18/h1-7,10,14,19H,8-9,11-13H2. The first-order chi connectivity index (χ1) is 14.1. The summed E-state index contributed by atoms with van der Waals surface area (Å²) in [5.41, 5.74) is 2.07. The average Bonchev–Trinajstić information content (AvgIpc) is 3.28. The lowest BCUT2D eigenvalue weighted by Gasteiger charge is -2.31. The van der Waals surface area contributed by atoms with E-state index in [1.165, 1.54) is 0 Å². The van der Waals surface area contributed by atoms with E-state index in [0.29, 0.717) is 18.1 Å². The molecule has 29 heavy (non-hydrogen) atoms. The molecule has 1 aromatic carbocycles. The molecule has 1 fully saturated rings. The van der Waals surface area contributed by atoms with Crippen LogP contribution in [0.25, 0.3) is 16.7 Å². The van der Waals surface area contributed by atoms with Crippen molar-refractivity contribution >= 4 is 28.9 Å². The van der Waals surface area contributed by atoms with Crippen LogP contribution < -0.4 is 0 Å². The van der Waals surface area contributed by atoms with E-state index in [0.717, 1.165) is 47.5 Å². The fourth-order valence-corrected chi connectivity index (χ4v) is 4.56. The van der Waals surface area contributed by atoms with Gasteiger partial charge in [-0.3, -0.25) is 13.9 Å². The second-order valence-electron chi connectivity index (χ2n) is 7.37. The van der Waals surface area contributed by atoms with Crippen LogP contribution in [0.1, 0.15) is 31.1 Å². The van der Waals surface area contributed by atoms with Gasteiger partial charge >= 0.3 is 6.55 Å². The number of likely N-dealkylation sites (tertiary alicyclic amines) is 1. The maximum Gasteiger partial charge on any atom is 0.321 e. The lowest BCUT2D eigenvalue weighted by molar-refractivity contribution is 0.0712. The minimum atomic E-state index is -2.65. The normalized spacial score (nSPS) is 16.4. The van der Waals surface area contributed by atoms with Gasteiger partial charge < -0.3 is 4.57 Å². The Bertz CT molecular complexity index is 1220. The molecule has 1 aliphatic rings. The fourth-order valence-electron chi connectivity index (χ4n) is 4.23. The fraction of sp³-hybridized carbons (Fsp3) is 0.350. The minimum absolute atomic E-state index is 0.159. The summed E-state index contributed by atoms with van der Waals surface area (Å²) in [6.45, 7) is -0.447. The van der Waals surface area contributed by atoms with Gasteiger partial charge in [-0.1, -0.05) is 18.2 Å². The first-order valence-corrected chi connectivity index (χ1v) is 10.0. The van der Waals surface area contributed by atoms with E-state index in [4.69, 9.17) is 12.2 Å². The number of rotatable bonds is 4. The Hall–Kier alpha value is -2.65. The summed E-state index contributed by atoms with van der Waals surface area (Å²) in [5, 5.41) is 8.64. The van der Waals surface area contributed by atoms with Gasteiger partial charge in [-0.05, 0) is 49.3 Å². The maximum atomic E-state index is 13.5. The number of piperidine rings is 1. The molecular weight excluding hydrogens is 394 g/mol. The van der Waals surface area contributed by atoms with Crippen LogP contribution in [0.5, 0.6) is 0 Å². The van der Waals surface area contributed by atoms with E-state index in [1.54, 1.807) is 12.1 Å². The number of benzene rings is 1. The van der Waals surface area contributed by atoms with E-state index >= 15 is 0 Å². The Labute approximate surface area is 171 Å². The van der Waals surface area contributed by atoms with Gasteiger partial charge in [0.1, 0.15) is 5.82 Å². The molecule has 4 heterocycles. The third kappa shape index (κ3) is 3.14. The number of halogens is 2. The molecule has 3 aromatic heterocycles. The van der Waals surface area contributed by atoms with Crippen molar-refractivity contribution < 1.29 is 8.78 Å². The van der Waals surface area contributed by atoms with Crippen LogP contribution in [0.2, 0.25) is 0 Å². The number of hydrogen-bond donors (Lipinski definition) is 0. The van der Waals surface area contributed by atoms with E-state index in [9.17, 15) is 8.78 Å². The van der Waals surface area contributed by atoms with Crippen molar-refractivity contribution in [3.63, 3.8) is 0 Å². The lowest BCUT2D eigenvalue weighted by atomic mass is 9.96. The molecule has 9 heteroatoms. The molecule has 4 aromatic rings. The molecule has 0 radical (unpaired) electrons. The number of imidazole rings is 1. The third-order valence-electron chi connectivity index (χ3n) is 5.70. The highest BCUT2D eigenvalue weighted by Crippen LogP contribution is 2.29. The van der Waals surface area contributed by atoms with Crippen LogP contribution in [0.15, 0.2) is 48.7 Å². The Kier molecular flexibility index (Phi) is 4.63. The molecule has 0 atom stereocenters. The zero-order valence-electron chi connectivity index (χ0n) is 15.7. The van der Waals surface area contributed by atoms with Crippen molar-refractivity contribution in [2.45, 2.75) is 32.0 Å². The van der Waals surface area contributed by atoms with Gasteiger partial charge in [0.2, 0.25) is 0 Å². The molecule has 0 amide bonds. The summed E-state index contributed by atoms with van der Waals surface area (Å²) < 4.78 is 32.0. The van der Waals surface area contributed by atoms with E-state index in [1.807, 2.05) is 45.5 Å². The first kappa shape index (κ1) is 18.4. The van der Waals surface area contributed by atoms with Crippen molar-refractivity contribution in [3.8, 4) is 0 Å². The van der Waals surface area contributed by atoms with Crippen LogP contribution in [0.3, 0.4) is 0 Å². The molecular formula is C20H20F2N6S. The SMILES string of the molecule is FC(F)n1c(=S)n(CN2CCC(c3nnc4ccccn34)CC2)c2ccccc21. The van der Waals surface area contributed by atoms with Gasteiger partial charge in [0, 0.05) is 25.2 Å². The van der Waals surface area contributed by atoms with Crippen LogP contribution in [-0.2, 0) is 6.67 Å². The molecule has 0 aliphatic carbocycles. The van der Waals surface area contributed by atoms with E-state index in [-0.39, 0.29) is 4.77 Å². The number of hydrogen-bond acceptors (Lipinski definition) is 4. The Balaban J connectivity index is 1.36. The lowest BCUT2D eigenvalue weighted by Crippen LogP contribution is -2.35. The molecule has 0 spiro atoms. The summed E-state index contributed by atoms with van der Waals surface area (Å²) in [5.74, 6) is 1.32. The van der Waals surface area contributed by atoms with Crippen LogP contribution in [0.4, 0.5) is 8.78 Å². The topological polar surface area (TPSA) is 43.3 Å². The van der Waals surface area contributed by atoms with Gasteiger partial charge in [-0.2, -0.15) is 8.78 Å². The maximum absolute atomic E-state index is 13.5. The number of fused-ring (bicyclic) bond motifs is 2. The van der Waals surface area contributed by atoms with Crippen molar-refractivity contribution in [1.82, 2.24) is 28.6 Å². The smallest absolute Gasteiger partial charge is 0.303 e. The average molecular weight is 414 g/mol. The molecule has 6 nitrogen and oxygen atoms in total. The number of alkyl halides is 2. The molecule has 0 N–H and O–H groups in total. The van der Waals surface area contributed by atoms with E-state index < -0.39 is 6.55 Å². The van der Waals surface area contributed by atoms with Crippen LogP contribution in [-0.4, -0.2) is 41.7 Å². The molecule has 1 aliphatic heterocycles. The zero-order chi connectivity index (χ0) is 20.0. The summed E-state index contributed by atoms with van der Waals surface area (Å²) in [4.78, 5) is 2.26. The van der Waals surface area contributed by atoms with Crippen LogP contribution in [0, 0.1) is 4.77 Å². The Morgan fingerprint density at radius 1 is 1.00 bits per heavy atom. The third-order valence-corrected chi connectivity index (χ3v) is 6.12. The van der Waals surface area contributed by atoms with E-state index in [2.05, 4.69) is 15.1 Å². The van der Waals surface area contributed by atoms with Crippen molar-refractivity contribution in [1.29, 1.82) is 0 Å². The highest BCUT2D eigenvalue weighted by molar-refractivity contribution is 7.71. The largest absolute Gasteiger partial charge is 0.321 e. The van der Waals surface area contributed by atoms with Gasteiger partial charge in [-0.15, -0.1) is 10.2 Å². The molecule has 5 rings (SSSR count). The molecule has 0 bridgehead atoms. The monoisotopic (exact) mass is 414 g/mol. The molecule has 150 valence electrons. The molecule has 1 saturated heterocycles. The second-order valence-corrected chi connectivity index (χ2v) is 7.73. The van der Waals surface area contributed by atoms with Crippen molar-refractivity contribution in [2.75, 3.05) is 13.1 Å². The zero-order valence-corrected chi connectivity index (χ0v) is 16.5.